The van der Waals surface area contributed by atoms with Crippen molar-refractivity contribution in [1.82, 2.24) is 5.32 Å². The molecule has 0 aromatic carbocycles. The molecule has 0 bridgehead atoms. The average molecular weight is 237 g/mol. The van der Waals surface area contributed by atoms with Gasteiger partial charge in [0.05, 0.1) is 5.75 Å². The van der Waals surface area contributed by atoms with Crippen molar-refractivity contribution in [3.63, 3.8) is 0 Å². The molecule has 0 aliphatic carbocycles. The van der Waals surface area contributed by atoms with E-state index >= 15 is 0 Å². The maximum atomic E-state index is 11.1. The molecule has 0 rings (SSSR count). The molecule has 7 heteroatoms. The molecule has 90 valence electrons. The van der Waals surface area contributed by atoms with Gasteiger partial charge in [-0.2, -0.15) is 0 Å². The first-order chi connectivity index (χ1) is 6.91. The highest BCUT2D eigenvalue weighted by Crippen LogP contribution is 1.92. The van der Waals surface area contributed by atoms with Crippen molar-refractivity contribution < 1.29 is 13.6 Å². The van der Waals surface area contributed by atoms with Crippen molar-refractivity contribution >= 4 is 15.7 Å². The maximum Gasteiger partial charge on any atom is 0.151 e. The van der Waals surface area contributed by atoms with Crippen molar-refractivity contribution in [2.45, 2.75) is 26.3 Å². The number of hydrogen-bond acceptors (Lipinski definition) is 5. The highest BCUT2D eigenvalue weighted by Gasteiger charge is 2.09. The Hall–Kier alpha value is -0.820. The van der Waals surface area contributed by atoms with E-state index in [9.17, 15) is 8.42 Å². The summed E-state index contributed by atoms with van der Waals surface area (Å²) in [6.45, 7) is 3.85. The van der Waals surface area contributed by atoms with E-state index in [4.69, 9.17) is 10.9 Å². The number of rotatable bonds is 7. The molecule has 0 spiro atoms. The molecule has 4 N–H and O–H groups in total. The molecule has 0 aliphatic heterocycles. The van der Waals surface area contributed by atoms with Crippen molar-refractivity contribution in [2.75, 3.05) is 18.1 Å². The van der Waals surface area contributed by atoms with Gasteiger partial charge in [-0.05, 0) is 6.92 Å². The lowest BCUT2D eigenvalue weighted by molar-refractivity contribution is 0.316. The summed E-state index contributed by atoms with van der Waals surface area (Å²) in [4.78, 5) is 0. The molecule has 0 saturated carbocycles. The first-order valence-corrected chi connectivity index (χ1v) is 6.63. The third-order valence-electron chi connectivity index (χ3n) is 1.99. The molecule has 15 heavy (non-hydrogen) atoms. The van der Waals surface area contributed by atoms with Crippen LogP contribution in [0.15, 0.2) is 5.16 Å². The van der Waals surface area contributed by atoms with Crippen LogP contribution in [0.3, 0.4) is 0 Å². The topological polar surface area (TPSA) is 105 Å². The van der Waals surface area contributed by atoms with Gasteiger partial charge in [-0.1, -0.05) is 12.1 Å². The molecule has 0 saturated heterocycles. The highest BCUT2D eigenvalue weighted by atomic mass is 32.2. The zero-order valence-electron chi connectivity index (χ0n) is 9.10. The van der Waals surface area contributed by atoms with Gasteiger partial charge < -0.3 is 16.3 Å². The largest absolute Gasteiger partial charge is 0.409 e. The fourth-order valence-corrected chi connectivity index (χ4v) is 1.75. The molecule has 1 atom stereocenters. The summed E-state index contributed by atoms with van der Waals surface area (Å²) in [5, 5.41) is 14.1. The van der Waals surface area contributed by atoms with Crippen LogP contribution in [0.25, 0.3) is 0 Å². The Bertz CT molecular complexity index is 300. The lowest BCUT2D eigenvalue weighted by atomic mass is 10.2. The zero-order chi connectivity index (χ0) is 11.9. The summed E-state index contributed by atoms with van der Waals surface area (Å²) < 4.78 is 22.3. The van der Waals surface area contributed by atoms with E-state index in [2.05, 4.69) is 10.5 Å². The molecule has 0 amide bonds. The molecular formula is C8H19N3O3S. The Morgan fingerprint density at radius 3 is 2.67 bits per heavy atom. The Kier molecular flexibility index (Phi) is 6.26. The molecule has 0 aliphatic rings. The second kappa shape index (κ2) is 6.62. The third kappa shape index (κ3) is 7.15. The highest BCUT2D eigenvalue weighted by molar-refractivity contribution is 7.91. The molecule has 0 fully saturated rings. The number of hydrogen-bond donors (Lipinski definition) is 3. The van der Waals surface area contributed by atoms with Crippen LogP contribution in [-0.4, -0.2) is 43.6 Å². The summed E-state index contributed by atoms with van der Waals surface area (Å²) in [5.74, 6) is 0.404. The minimum absolute atomic E-state index is 0.00652. The maximum absolute atomic E-state index is 11.1. The van der Waals surface area contributed by atoms with Crippen LogP contribution >= 0.6 is 0 Å². The molecule has 6 nitrogen and oxygen atoms in total. The van der Waals surface area contributed by atoms with Crippen LogP contribution in [0.4, 0.5) is 0 Å². The van der Waals surface area contributed by atoms with Crippen molar-refractivity contribution in [2.24, 2.45) is 10.9 Å². The number of nitrogens with one attached hydrogen (secondary N) is 1. The fraction of sp³-hybridized carbons (Fsp3) is 0.875. The summed E-state index contributed by atoms with van der Waals surface area (Å²) in [5.41, 5.74) is 5.30. The number of amidine groups is 1. The molecule has 0 aromatic heterocycles. The average Bonchev–Trinajstić information content (AvgIpc) is 2.17. The zero-order valence-corrected chi connectivity index (χ0v) is 9.92. The quantitative estimate of drug-likeness (QED) is 0.240. The van der Waals surface area contributed by atoms with Gasteiger partial charge in [0.15, 0.2) is 9.84 Å². The van der Waals surface area contributed by atoms with Crippen molar-refractivity contribution in [3.05, 3.63) is 0 Å². The Labute approximate surface area is 90.5 Å². The standard InChI is InChI=1S/C8H19N3O3S/c1-3-15(13,14)5-4-10-7(2)6-8(9)11-12/h7,10,12H,3-6H2,1-2H3,(H2,9,11). The van der Waals surface area contributed by atoms with Crippen molar-refractivity contribution in [1.29, 1.82) is 0 Å². The molecule has 1 unspecified atom stereocenters. The van der Waals surface area contributed by atoms with Gasteiger partial charge in [0, 0.05) is 24.8 Å². The number of oxime groups is 1. The predicted molar refractivity (Wildman–Crippen MR) is 59.8 cm³/mol. The lowest BCUT2D eigenvalue weighted by Crippen LogP contribution is -2.34. The van der Waals surface area contributed by atoms with Gasteiger partial charge in [-0.15, -0.1) is 0 Å². The summed E-state index contributed by atoms with van der Waals surface area (Å²) >= 11 is 0. The van der Waals surface area contributed by atoms with Crippen LogP contribution in [-0.2, 0) is 9.84 Å². The number of nitrogens with two attached hydrogens (primary N) is 1. The van der Waals surface area contributed by atoms with Crippen LogP contribution < -0.4 is 11.1 Å². The Morgan fingerprint density at radius 2 is 2.20 bits per heavy atom. The SMILES string of the molecule is CCS(=O)(=O)CCNC(C)CC(N)=NO. The number of sulfone groups is 1. The third-order valence-corrected chi connectivity index (χ3v) is 3.70. The van der Waals surface area contributed by atoms with Gasteiger partial charge in [-0.3, -0.25) is 0 Å². The molecule has 0 radical (unpaired) electrons. The first kappa shape index (κ1) is 14.2. The van der Waals surface area contributed by atoms with E-state index < -0.39 is 9.84 Å². The molecule has 0 aromatic rings. The van der Waals surface area contributed by atoms with Gasteiger partial charge in [-0.25, -0.2) is 8.42 Å². The second-order valence-corrected chi connectivity index (χ2v) is 5.86. The fourth-order valence-electron chi connectivity index (χ4n) is 1.03. The van der Waals surface area contributed by atoms with E-state index in [1.165, 1.54) is 0 Å². The van der Waals surface area contributed by atoms with Crippen LogP contribution in [0.2, 0.25) is 0 Å². The van der Waals surface area contributed by atoms with Crippen LogP contribution in [0.1, 0.15) is 20.3 Å². The van der Waals surface area contributed by atoms with Crippen LogP contribution in [0.5, 0.6) is 0 Å². The second-order valence-electron chi connectivity index (χ2n) is 3.39. The van der Waals surface area contributed by atoms with E-state index in [0.717, 1.165) is 0 Å². The summed E-state index contributed by atoms with van der Waals surface area (Å²) in [6.07, 6.45) is 0.392. The van der Waals surface area contributed by atoms with Gasteiger partial charge in [0.2, 0.25) is 0 Å². The monoisotopic (exact) mass is 237 g/mol. The van der Waals surface area contributed by atoms with Gasteiger partial charge in [0.25, 0.3) is 0 Å². The molecular weight excluding hydrogens is 218 g/mol. The molecule has 0 heterocycles. The normalized spacial score (nSPS) is 15.2. The van der Waals surface area contributed by atoms with Gasteiger partial charge >= 0.3 is 0 Å². The first-order valence-electron chi connectivity index (χ1n) is 4.81. The minimum Gasteiger partial charge on any atom is -0.409 e. The van der Waals surface area contributed by atoms with E-state index in [-0.39, 0.29) is 23.4 Å². The predicted octanol–water partition coefficient (Wildman–Crippen LogP) is -0.464. The van der Waals surface area contributed by atoms with Gasteiger partial charge in [0.1, 0.15) is 5.84 Å². The summed E-state index contributed by atoms with van der Waals surface area (Å²) in [7, 11) is -2.92. The Morgan fingerprint density at radius 1 is 1.60 bits per heavy atom. The van der Waals surface area contributed by atoms with E-state index in [1.807, 2.05) is 6.92 Å². The smallest absolute Gasteiger partial charge is 0.151 e. The number of nitrogens with zero attached hydrogens (tertiary/aromatic N) is 1. The lowest BCUT2D eigenvalue weighted by Gasteiger charge is -2.12. The van der Waals surface area contributed by atoms with Crippen LogP contribution in [0, 0.1) is 0 Å². The van der Waals surface area contributed by atoms with E-state index in [1.54, 1.807) is 6.92 Å². The van der Waals surface area contributed by atoms with Crippen molar-refractivity contribution in [3.8, 4) is 0 Å². The summed E-state index contributed by atoms with van der Waals surface area (Å²) in [6, 6.07) is -0.00652. The van der Waals surface area contributed by atoms with E-state index in [0.29, 0.717) is 13.0 Å². The minimum atomic E-state index is -2.92. The Balaban J connectivity index is 3.78.